The fourth-order valence-corrected chi connectivity index (χ4v) is 2.67. The molecule has 2 rings (SSSR count). The van der Waals surface area contributed by atoms with Crippen LogP contribution >= 0.6 is 0 Å². The molecule has 0 bridgehead atoms. The van der Waals surface area contributed by atoms with Crippen LogP contribution in [0.15, 0.2) is 18.2 Å². The van der Waals surface area contributed by atoms with E-state index in [-0.39, 0.29) is 21.7 Å². The summed E-state index contributed by atoms with van der Waals surface area (Å²) >= 11 is 0. The van der Waals surface area contributed by atoms with Gasteiger partial charge in [0.25, 0.3) is 0 Å². The maximum atomic E-state index is 12.0. The summed E-state index contributed by atoms with van der Waals surface area (Å²) in [4.78, 5) is 31.9. The zero-order chi connectivity index (χ0) is 18.2. The van der Waals surface area contributed by atoms with Crippen molar-refractivity contribution in [2.24, 2.45) is 5.41 Å². The summed E-state index contributed by atoms with van der Waals surface area (Å²) in [6.07, 6.45) is 0. The highest BCUT2D eigenvalue weighted by atomic mass is 28.2. The Labute approximate surface area is 139 Å². The van der Waals surface area contributed by atoms with Gasteiger partial charge in [0.2, 0.25) is 5.75 Å². The Morgan fingerprint density at radius 3 is 2.33 bits per heavy atom. The topological polar surface area (TPSA) is 130 Å². The van der Waals surface area contributed by atoms with E-state index < -0.39 is 43.3 Å². The van der Waals surface area contributed by atoms with Gasteiger partial charge in [0, 0.05) is 16.6 Å². The van der Waals surface area contributed by atoms with Crippen molar-refractivity contribution in [2.75, 3.05) is 0 Å². The lowest BCUT2D eigenvalue weighted by molar-refractivity contribution is -0.385. The van der Waals surface area contributed by atoms with Crippen molar-refractivity contribution >= 4 is 37.4 Å². The van der Waals surface area contributed by atoms with Gasteiger partial charge >= 0.3 is 11.7 Å². The largest absolute Gasteiger partial charge is 0.504 e. The third kappa shape index (κ3) is 3.17. The number of phenols is 2. The first-order chi connectivity index (χ1) is 11.1. The van der Waals surface area contributed by atoms with Crippen molar-refractivity contribution < 1.29 is 29.5 Å². The summed E-state index contributed by atoms with van der Waals surface area (Å²) < 4.78 is 5.12. The average molecular weight is 351 g/mol. The molecule has 0 aliphatic rings. The van der Waals surface area contributed by atoms with E-state index in [0.29, 0.717) is 0 Å². The van der Waals surface area contributed by atoms with Gasteiger partial charge in [-0.15, -0.1) is 0 Å². The standard InChI is InChI=1S/C15H17NO7Si/c1-15(2,3)14(19)23-10-6-8-7(4-9(10)16(20)21)5-11(24-22)13(18)12(8)17/h4-6,17-18,22H,24H2,1-3H3. The lowest BCUT2D eigenvalue weighted by atomic mass is 9.97. The molecule has 2 aromatic carbocycles. The van der Waals surface area contributed by atoms with Crippen molar-refractivity contribution in [3.8, 4) is 17.2 Å². The quantitative estimate of drug-likeness (QED) is 0.186. The molecule has 0 radical (unpaired) electrons. The van der Waals surface area contributed by atoms with E-state index in [1.54, 1.807) is 20.8 Å². The average Bonchev–Trinajstić information content (AvgIpc) is 2.49. The smallest absolute Gasteiger partial charge is 0.316 e. The van der Waals surface area contributed by atoms with Crippen LogP contribution in [-0.2, 0) is 4.79 Å². The maximum Gasteiger partial charge on any atom is 0.316 e. The molecule has 0 amide bonds. The Kier molecular flexibility index (Phi) is 4.49. The highest BCUT2D eigenvalue weighted by molar-refractivity contribution is 6.47. The van der Waals surface area contributed by atoms with Crippen LogP contribution in [0.1, 0.15) is 20.8 Å². The molecule has 0 aromatic heterocycles. The second kappa shape index (κ2) is 6.10. The minimum absolute atomic E-state index is 0.0843. The molecule has 0 atom stereocenters. The van der Waals surface area contributed by atoms with Crippen LogP contribution in [0.4, 0.5) is 5.69 Å². The van der Waals surface area contributed by atoms with Gasteiger partial charge in [0.05, 0.1) is 10.3 Å². The van der Waals surface area contributed by atoms with Gasteiger partial charge in [-0.2, -0.15) is 0 Å². The number of ether oxygens (including phenoxy) is 1. The number of hydrogen-bond acceptors (Lipinski definition) is 7. The highest BCUT2D eigenvalue weighted by Crippen LogP contribution is 2.39. The van der Waals surface area contributed by atoms with Gasteiger partial charge in [-0.25, -0.2) is 0 Å². The van der Waals surface area contributed by atoms with E-state index in [1.165, 1.54) is 6.07 Å². The Morgan fingerprint density at radius 1 is 1.21 bits per heavy atom. The minimum atomic E-state index is -1.79. The van der Waals surface area contributed by atoms with Crippen LogP contribution in [0.5, 0.6) is 17.2 Å². The predicted octanol–water partition coefficient (Wildman–Crippen LogP) is 0.812. The Morgan fingerprint density at radius 2 is 1.83 bits per heavy atom. The van der Waals surface area contributed by atoms with Crippen LogP contribution in [0.2, 0.25) is 0 Å². The number of carbonyl (C=O) groups excluding carboxylic acids is 1. The van der Waals surface area contributed by atoms with Crippen LogP contribution in [0, 0.1) is 15.5 Å². The third-order valence-corrected chi connectivity index (χ3v) is 4.31. The van der Waals surface area contributed by atoms with Gasteiger partial charge in [0.15, 0.2) is 21.3 Å². The van der Waals surface area contributed by atoms with Crippen LogP contribution in [0.3, 0.4) is 0 Å². The summed E-state index contributed by atoms with van der Waals surface area (Å²) in [6.45, 7) is 4.80. The summed E-state index contributed by atoms with van der Waals surface area (Å²) in [6, 6.07) is 3.64. The first-order valence-electron chi connectivity index (χ1n) is 7.05. The number of esters is 1. The molecule has 0 heterocycles. The molecule has 0 aliphatic carbocycles. The van der Waals surface area contributed by atoms with Gasteiger partial charge in [-0.3, -0.25) is 14.9 Å². The van der Waals surface area contributed by atoms with Gasteiger partial charge in [-0.1, -0.05) is 0 Å². The van der Waals surface area contributed by atoms with Crippen LogP contribution < -0.4 is 9.92 Å². The van der Waals surface area contributed by atoms with Crippen LogP contribution in [0.25, 0.3) is 10.8 Å². The Bertz CT molecular complexity index is 842. The molecular formula is C15H17NO7Si. The zero-order valence-corrected chi connectivity index (χ0v) is 14.8. The molecule has 0 fully saturated rings. The number of nitrogens with zero attached hydrogens (tertiary/aromatic N) is 1. The number of rotatable bonds is 3. The van der Waals surface area contributed by atoms with Crippen molar-refractivity contribution in [2.45, 2.75) is 20.8 Å². The summed E-state index contributed by atoms with van der Waals surface area (Å²) in [7, 11) is -1.79. The summed E-state index contributed by atoms with van der Waals surface area (Å²) in [5, 5.41) is 31.7. The van der Waals surface area contributed by atoms with Gasteiger partial charge < -0.3 is 19.7 Å². The number of hydrogen-bond donors (Lipinski definition) is 3. The monoisotopic (exact) mass is 351 g/mol. The lowest BCUT2D eigenvalue weighted by Gasteiger charge is -2.17. The molecule has 24 heavy (non-hydrogen) atoms. The SMILES string of the molecule is CC(C)(C)C(=O)Oc1cc2c(O)c(O)c([SiH2]O)cc2cc1[N+](=O)[O-]. The fourth-order valence-electron chi connectivity index (χ4n) is 2.04. The summed E-state index contributed by atoms with van der Waals surface area (Å²) in [5.41, 5.74) is -1.32. The number of aromatic hydroxyl groups is 2. The number of nitro benzene ring substituents is 1. The van der Waals surface area contributed by atoms with Crippen molar-refractivity contribution in [1.82, 2.24) is 0 Å². The molecule has 0 spiro atoms. The Hall–Kier alpha value is -2.65. The molecule has 128 valence electrons. The van der Waals surface area contributed by atoms with E-state index in [0.717, 1.165) is 12.1 Å². The molecule has 3 N–H and O–H groups in total. The van der Waals surface area contributed by atoms with E-state index in [2.05, 4.69) is 0 Å². The molecule has 9 heteroatoms. The molecule has 0 saturated carbocycles. The van der Waals surface area contributed by atoms with Gasteiger partial charge in [0.1, 0.15) is 0 Å². The highest BCUT2D eigenvalue weighted by Gasteiger charge is 2.28. The molecule has 2 aromatic rings. The molecule has 0 unspecified atom stereocenters. The molecule has 0 aliphatic heterocycles. The second-order valence-corrected chi connectivity index (χ2v) is 7.41. The summed E-state index contributed by atoms with van der Waals surface area (Å²) in [5.74, 6) is -1.99. The van der Waals surface area contributed by atoms with E-state index in [9.17, 15) is 29.9 Å². The number of carbonyl (C=O) groups is 1. The molecule has 0 saturated heterocycles. The lowest BCUT2D eigenvalue weighted by Crippen LogP contribution is -2.25. The number of nitro groups is 1. The molecular weight excluding hydrogens is 334 g/mol. The second-order valence-electron chi connectivity index (χ2n) is 6.33. The zero-order valence-electron chi connectivity index (χ0n) is 13.4. The van der Waals surface area contributed by atoms with Gasteiger partial charge in [-0.05, 0) is 38.3 Å². The Balaban J connectivity index is 2.71. The minimum Gasteiger partial charge on any atom is -0.504 e. The number of benzene rings is 2. The predicted molar refractivity (Wildman–Crippen MR) is 89.4 cm³/mol. The van der Waals surface area contributed by atoms with Crippen molar-refractivity contribution in [3.05, 3.63) is 28.3 Å². The van der Waals surface area contributed by atoms with Crippen molar-refractivity contribution in [1.29, 1.82) is 0 Å². The first-order valence-corrected chi connectivity index (χ1v) is 8.39. The van der Waals surface area contributed by atoms with E-state index in [1.807, 2.05) is 0 Å². The first kappa shape index (κ1) is 17.7. The fraction of sp³-hybridized carbons (Fsp3) is 0.267. The number of phenolic OH excluding ortho intramolecular Hbond substituents is 2. The molecule has 8 nitrogen and oxygen atoms in total. The maximum absolute atomic E-state index is 12.0. The third-order valence-electron chi connectivity index (χ3n) is 3.43. The van der Waals surface area contributed by atoms with Crippen LogP contribution in [-0.4, -0.2) is 35.7 Å². The van der Waals surface area contributed by atoms with E-state index in [4.69, 9.17) is 4.74 Å². The van der Waals surface area contributed by atoms with Crippen molar-refractivity contribution in [3.63, 3.8) is 0 Å². The van der Waals surface area contributed by atoms with E-state index >= 15 is 0 Å². The normalized spacial score (nSPS) is 12.0. The number of fused-ring (bicyclic) bond motifs is 1.